The van der Waals surface area contributed by atoms with Crippen molar-refractivity contribution in [3.05, 3.63) is 45.7 Å². The van der Waals surface area contributed by atoms with Gasteiger partial charge in [0.1, 0.15) is 11.5 Å². The van der Waals surface area contributed by atoms with Gasteiger partial charge >= 0.3 is 6.36 Å². The van der Waals surface area contributed by atoms with Crippen LogP contribution in [0.25, 0.3) is 0 Å². The van der Waals surface area contributed by atoms with E-state index in [1.54, 1.807) is 7.05 Å². The fraction of sp³-hybridized carbons (Fsp3) is 0.353. The van der Waals surface area contributed by atoms with Crippen LogP contribution < -0.4 is 10.3 Å². The van der Waals surface area contributed by atoms with Crippen LogP contribution in [-0.2, 0) is 11.8 Å². The summed E-state index contributed by atoms with van der Waals surface area (Å²) in [6.07, 6.45) is -3.91. The Morgan fingerprint density at radius 2 is 1.85 bits per heavy atom. The van der Waals surface area contributed by atoms with Crippen molar-refractivity contribution in [1.29, 1.82) is 0 Å². The summed E-state index contributed by atoms with van der Waals surface area (Å²) in [4.78, 5) is 29.3. The third-order valence-corrected chi connectivity index (χ3v) is 4.77. The molecular formula is C17H14F3N3O3. The van der Waals surface area contributed by atoms with Gasteiger partial charge in [0.2, 0.25) is 0 Å². The zero-order valence-electron chi connectivity index (χ0n) is 13.6. The van der Waals surface area contributed by atoms with Gasteiger partial charge in [-0.1, -0.05) is 12.1 Å². The molecule has 6 nitrogen and oxygen atoms in total. The van der Waals surface area contributed by atoms with Gasteiger partial charge in [-0.15, -0.1) is 13.2 Å². The minimum absolute atomic E-state index is 0.0155. The van der Waals surface area contributed by atoms with Gasteiger partial charge in [0.15, 0.2) is 5.82 Å². The number of aliphatic imine (C=N–C) groups is 1. The van der Waals surface area contributed by atoms with Gasteiger partial charge in [0, 0.05) is 25.1 Å². The van der Waals surface area contributed by atoms with Crippen LogP contribution in [0.3, 0.4) is 0 Å². The molecule has 9 heteroatoms. The predicted octanol–water partition coefficient (Wildman–Crippen LogP) is 2.81. The summed E-state index contributed by atoms with van der Waals surface area (Å²) in [5.41, 5.74) is 1.29. The molecule has 136 valence electrons. The number of nitrogens with zero attached hydrogens (tertiary/aromatic N) is 2. The van der Waals surface area contributed by atoms with Crippen LogP contribution in [0.5, 0.6) is 5.75 Å². The van der Waals surface area contributed by atoms with E-state index in [2.05, 4.69) is 14.8 Å². The first-order valence-corrected chi connectivity index (χ1v) is 7.99. The highest BCUT2D eigenvalue weighted by Crippen LogP contribution is 2.45. The number of halogens is 3. The molecule has 2 aromatic rings. The van der Waals surface area contributed by atoms with Crippen molar-refractivity contribution in [2.45, 2.75) is 25.1 Å². The lowest BCUT2D eigenvalue weighted by atomic mass is 9.77. The van der Waals surface area contributed by atoms with Crippen LogP contribution in [0, 0.1) is 5.92 Å². The average molecular weight is 365 g/mol. The summed E-state index contributed by atoms with van der Waals surface area (Å²) in [6.45, 7) is 0. The fourth-order valence-corrected chi connectivity index (χ4v) is 3.75. The monoisotopic (exact) mass is 365 g/mol. The summed E-state index contributed by atoms with van der Waals surface area (Å²) in [5.74, 6) is -1.04. The third-order valence-electron chi connectivity index (χ3n) is 4.77. The number of benzene rings is 1. The molecule has 1 fully saturated rings. The molecule has 0 amide bonds. The SMILES string of the molecule is Cn1[nH]c(=O)c2c1N=C1CCC(=O)C1C2c1ccc(OC(F)(F)F)cc1. The summed E-state index contributed by atoms with van der Waals surface area (Å²) in [7, 11) is 1.65. The topological polar surface area (TPSA) is 76.5 Å². The number of aryl methyl sites for hydroxylation is 1. The first-order valence-electron chi connectivity index (χ1n) is 7.99. The summed E-state index contributed by atoms with van der Waals surface area (Å²) in [5, 5.41) is 2.63. The molecule has 4 rings (SSSR count). The normalized spacial score (nSPS) is 22.0. The number of nitrogens with one attached hydrogen (secondary N) is 1. The zero-order valence-corrected chi connectivity index (χ0v) is 13.6. The van der Waals surface area contributed by atoms with E-state index in [0.717, 1.165) is 0 Å². The number of H-pyrrole nitrogens is 1. The smallest absolute Gasteiger partial charge is 0.406 e. The van der Waals surface area contributed by atoms with Crippen molar-refractivity contribution in [2.24, 2.45) is 18.0 Å². The molecule has 2 atom stereocenters. The van der Waals surface area contributed by atoms with E-state index in [9.17, 15) is 22.8 Å². The molecule has 1 aliphatic heterocycles. The van der Waals surface area contributed by atoms with Crippen LogP contribution >= 0.6 is 0 Å². The molecule has 0 radical (unpaired) electrons. The van der Waals surface area contributed by atoms with Gasteiger partial charge in [0.25, 0.3) is 5.56 Å². The van der Waals surface area contributed by atoms with Crippen molar-refractivity contribution < 1.29 is 22.7 Å². The second-order valence-electron chi connectivity index (χ2n) is 6.38. The number of aromatic nitrogens is 2. The highest BCUT2D eigenvalue weighted by Gasteiger charge is 2.44. The van der Waals surface area contributed by atoms with Crippen LogP contribution in [-0.4, -0.2) is 27.6 Å². The van der Waals surface area contributed by atoms with Crippen molar-refractivity contribution in [1.82, 2.24) is 9.78 Å². The van der Waals surface area contributed by atoms with Crippen LogP contribution in [0.2, 0.25) is 0 Å². The van der Waals surface area contributed by atoms with Gasteiger partial charge in [-0.25, -0.2) is 4.99 Å². The number of ketones is 1. The maximum absolute atomic E-state index is 12.4. The first-order chi connectivity index (χ1) is 12.2. The maximum Gasteiger partial charge on any atom is 0.573 e. The van der Waals surface area contributed by atoms with Crippen LogP contribution in [0.4, 0.5) is 19.0 Å². The standard InChI is InChI=1S/C17H14F3N3O3/c1-23-15-14(16(25)22-23)12(13-10(21-15)6-7-11(13)24)8-2-4-9(5-3-8)26-17(18,19)20/h2-5,12-13H,6-7H2,1H3,(H,22,25). The van der Waals surface area contributed by atoms with E-state index < -0.39 is 18.2 Å². The molecule has 0 bridgehead atoms. The molecule has 0 saturated heterocycles. The second kappa shape index (κ2) is 5.58. The average Bonchev–Trinajstić information content (AvgIpc) is 3.06. The minimum atomic E-state index is -4.78. The quantitative estimate of drug-likeness (QED) is 0.889. The summed E-state index contributed by atoms with van der Waals surface area (Å²) in [6, 6.07) is 5.28. The lowest BCUT2D eigenvalue weighted by Crippen LogP contribution is -2.29. The zero-order chi connectivity index (χ0) is 18.6. The van der Waals surface area contributed by atoms with Crippen molar-refractivity contribution in [3.63, 3.8) is 0 Å². The van der Waals surface area contributed by atoms with Gasteiger partial charge in [-0.2, -0.15) is 0 Å². The lowest BCUT2D eigenvalue weighted by Gasteiger charge is -2.26. The van der Waals surface area contributed by atoms with E-state index >= 15 is 0 Å². The molecule has 1 saturated carbocycles. The molecule has 26 heavy (non-hydrogen) atoms. The number of aromatic amines is 1. The Morgan fingerprint density at radius 3 is 2.50 bits per heavy atom. The van der Waals surface area contributed by atoms with E-state index in [4.69, 9.17) is 0 Å². The first kappa shape index (κ1) is 16.6. The van der Waals surface area contributed by atoms with Gasteiger partial charge in [0.05, 0.1) is 11.5 Å². The van der Waals surface area contributed by atoms with E-state index in [1.807, 2.05) is 0 Å². The minimum Gasteiger partial charge on any atom is -0.406 e. The Kier molecular flexibility index (Phi) is 3.57. The molecule has 1 aliphatic carbocycles. The Balaban J connectivity index is 1.80. The third kappa shape index (κ3) is 2.63. The lowest BCUT2D eigenvalue weighted by molar-refractivity contribution is -0.274. The van der Waals surface area contributed by atoms with E-state index in [1.165, 1.54) is 28.9 Å². The van der Waals surface area contributed by atoms with Crippen molar-refractivity contribution in [2.75, 3.05) is 0 Å². The number of fused-ring (bicyclic) bond motifs is 2. The van der Waals surface area contributed by atoms with Crippen LogP contribution in [0.1, 0.15) is 29.9 Å². The maximum atomic E-state index is 12.4. The number of alkyl halides is 3. The molecule has 2 heterocycles. The summed E-state index contributed by atoms with van der Waals surface area (Å²) >= 11 is 0. The number of hydrogen-bond donors (Lipinski definition) is 1. The summed E-state index contributed by atoms with van der Waals surface area (Å²) < 4.78 is 42.4. The number of rotatable bonds is 2. The predicted molar refractivity (Wildman–Crippen MR) is 85.8 cm³/mol. The Hall–Kier alpha value is -2.84. The molecule has 2 unspecified atom stereocenters. The number of carbonyl (C=O) groups excluding carboxylic acids is 1. The highest BCUT2D eigenvalue weighted by atomic mass is 19.4. The molecule has 0 spiro atoms. The number of carbonyl (C=O) groups is 1. The second-order valence-corrected chi connectivity index (χ2v) is 6.38. The fourth-order valence-electron chi connectivity index (χ4n) is 3.75. The van der Waals surface area contributed by atoms with Crippen molar-refractivity contribution >= 4 is 17.3 Å². The molecule has 1 N–H and O–H groups in total. The van der Waals surface area contributed by atoms with Crippen molar-refractivity contribution in [3.8, 4) is 5.75 Å². The Morgan fingerprint density at radius 1 is 1.15 bits per heavy atom. The van der Waals surface area contributed by atoms with Gasteiger partial charge in [-0.05, 0) is 24.1 Å². The Labute approximate surface area is 145 Å². The number of ether oxygens (including phenoxy) is 1. The Bertz CT molecular complexity index is 970. The van der Waals surface area contributed by atoms with Crippen LogP contribution in [0.15, 0.2) is 34.1 Å². The van der Waals surface area contributed by atoms with Gasteiger partial charge in [-0.3, -0.25) is 19.4 Å². The molecule has 2 aliphatic rings. The molecule has 1 aromatic heterocycles. The number of hydrogen-bond acceptors (Lipinski definition) is 4. The highest BCUT2D eigenvalue weighted by molar-refractivity contribution is 6.14. The van der Waals surface area contributed by atoms with E-state index in [-0.39, 0.29) is 17.1 Å². The molecule has 1 aromatic carbocycles. The number of Topliss-reactive ketones (excluding diaryl/α,β-unsaturated/α-hetero) is 1. The molecular weight excluding hydrogens is 351 g/mol. The largest absolute Gasteiger partial charge is 0.573 e. The van der Waals surface area contributed by atoms with E-state index in [0.29, 0.717) is 35.5 Å². The van der Waals surface area contributed by atoms with Gasteiger partial charge < -0.3 is 4.74 Å².